The highest BCUT2D eigenvalue weighted by Gasteiger charge is 2.32. The number of hydrogen-bond donors (Lipinski definition) is 7. The van der Waals surface area contributed by atoms with Gasteiger partial charge in [-0.05, 0) is 38.6 Å². The van der Waals surface area contributed by atoms with Crippen molar-refractivity contribution in [3.63, 3.8) is 0 Å². The van der Waals surface area contributed by atoms with Gasteiger partial charge in [-0.2, -0.15) is 0 Å². The van der Waals surface area contributed by atoms with Gasteiger partial charge in [-0.1, -0.05) is 13.8 Å². The quantitative estimate of drug-likeness (QED) is 0.153. The molecule has 0 aliphatic carbocycles. The Labute approximate surface area is 175 Å². The number of hydrogen-bond acceptors (Lipinski definition) is 7. The van der Waals surface area contributed by atoms with Crippen LogP contribution in [0.1, 0.15) is 46.5 Å². The van der Waals surface area contributed by atoms with E-state index in [2.05, 4.69) is 16.0 Å². The summed E-state index contributed by atoms with van der Waals surface area (Å²) in [6, 6.07) is -4.72. The Morgan fingerprint density at radius 3 is 1.83 bits per heavy atom. The Morgan fingerprint density at radius 1 is 0.833 bits per heavy atom. The summed E-state index contributed by atoms with van der Waals surface area (Å²) in [5, 5.41) is 25.3. The first-order valence-corrected chi connectivity index (χ1v) is 9.72. The van der Waals surface area contributed by atoms with E-state index in [1.165, 1.54) is 6.92 Å². The van der Waals surface area contributed by atoms with E-state index in [9.17, 15) is 29.1 Å². The van der Waals surface area contributed by atoms with Crippen LogP contribution in [-0.4, -0.2) is 70.6 Å². The topological polar surface area (TPSA) is 214 Å². The minimum absolute atomic E-state index is 0.102. The van der Waals surface area contributed by atoms with Gasteiger partial charge < -0.3 is 37.6 Å². The van der Waals surface area contributed by atoms with Crippen molar-refractivity contribution in [3.05, 3.63) is 0 Å². The lowest BCUT2D eigenvalue weighted by Crippen LogP contribution is -2.58. The zero-order chi connectivity index (χ0) is 23.4. The first-order valence-electron chi connectivity index (χ1n) is 9.72. The first-order chi connectivity index (χ1) is 13.9. The van der Waals surface area contributed by atoms with Crippen LogP contribution in [-0.2, 0) is 24.0 Å². The van der Waals surface area contributed by atoms with Crippen molar-refractivity contribution in [2.24, 2.45) is 17.4 Å². The predicted molar refractivity (Wildman–Crippen MR) is 107 cm³/mol. The van der Waals surface area contributed by atoms with Crippen molar-refractivity contribution in [1.29, 1.82) is 0 Å². The lowest BCUT2D eigenvalue weighted by molar-refractivity contribution is -0.144. The Hall–Kier alpha value is -2.73. The van der Waals surface area contributed by atoms with Crippen LogP contribution in [0.2, 0.25) is 0 Å². The molecular formula is C18H33N5O7. The highest BCUT2D eigenvalue weighted by atomic mass is 16.4. The van der Waals surface area contributed by atoms with E-state index in [0.717, 1.165) is 0 Å². The molecule has 172 valence electrons. The van der Waals surface area contributed by atoms with Crippen LogP contribution in [0.3, 0.4) is 0 Å². The highest BCUT2D eigenvalue weighted by molar-refractivity contribution is 5.95. The van der Waals surface area contributed by atoms with Crippen LogP contribution >= 0.6 is 0 Å². The van der Waals surface area contributed by atoms with Crippen LogP contribution in [0.15, 0.2) is 0 Å². The molecule has 0 aromatic carbocycles. The van der Waals surface area contributed by atoms with E-state index in [0.29, 0.717) is 19.4 Å². The Kier molecular flexibility index (Phi) is 12.3. The fourth-order valence-corrected chi connectivity index (χ4v) is 2.49. The van der Waals surface area contributed by atoms with E-state index in [-0.39, 0.29) is 12.3 Å². The zero-order valence-electron chi connectivity index (χ0n) is 17.5. The van der Waals surface area contributed by atoms with Gasteiger partial charge in [0.05, 0.1) is 12.5 Å². The monoisotopic (exact) mass is 431 g/mol. The number of rotatable bonds is 14. The normalized spacial score (nSPS) is 14.9. The van der Waals surface area contributed by atoms with Crippen molar-refractivity contribution in [3.8, 4) is 0 Å². The molecule has 0 aliphatic rings. The molecule has 0 bridgehead atoms. The van der Waals surface area contributed by atoms with Gasteiger partial charge in [0.25, 0.3) is 0 Å². The molecule has 0 aromatic rings. The van der Waals surface area contributed by atoms with Gasteiger partial charge in [-0.3, -0.25) is 19.2 Å². The Morgan fingerprint density at radius 2 is 1.40 bits per heavy atom. The molecule has 12 heteroatoms. The van der Waals surface area contributed by atoms with Crippen LogP contribution in [0.5, 0.6) is 0 Å². The van der Waals surface area contributed by atoms with E-state index >= 15 is 0 Å². The number of carboxylic acids is 2. The first kappa shape index (κ1) is 27.3. The summed E-state index contributed by atoms with van der Waals surface area (Å²) >= 11 is 0. The van der Waals surface area contributed by atoms with Crippen molar-refractivity contribution < 1.29 is 34.2 Å². The van der Waals surface area contributed by atoms with Gasteiger partial charge >= 0.3 is 11.9 Å². The Bertz CT molecular complexity index is 624. The smallest absolute Gasteiger partial charge is 0.326 e. The fourth-order valence-electron chi connectivity index (χ4n) is 2.49. The molecule has 30 heavy (non-hydrogen) atoms. The molecule has 0 aromatic heterocycles. The van der Waals surface area contributed by atoms with Crippen molar-refractivity contribution >= 4 is 29.7 Å². The maximum absolute atomic E-state index is 12.6. The number of carboxylic acid groups (broad SMARTS) is 2. The summed E-state index contributed by atoms with van der Waals surface area (Å²) in [7, 11) is 0. The van der Waals surface area contributed by atoms with Gasteiger partial charge in [0.15, 0.2) is 0 Å². The van der Waals surface area contributed by atoms with Crippen molar-refractivity contribution in [1.82, 2.24) is 16.0 Å². The molecule has 0 radical (unpaired) electrons. The molecule has 0 saturated heterocycles. The third-order valence-electron chi connectivity index (χ3n) is 4.23. The number of aliphatic carboxylic acids is 2. The summed E-state index contributed by atoms with van der Waals surface area (Å²) in [4.78, 5) is 59.5. The maximum Gasteiger partial charge on any atom is 0.326 e. The number of carbonyl (C=O) groups is 5. The second-order valence-corrected chi connectivity index (χ2v) is 7.36. The predicted octanol–water partition coefficient (Wildman–Crippen LogP) is -1.87. The van der Waals surface area contributed by atoms with Crippen molar-refractivity contribution in [2.45, 2.75) is 70.6 Å². The zero-order valence-corrected chi connectivity index (χ0v) is 17.5. The molecule has 4 atom stereocenters. The summed E-state index contributed by atoms with van der Waals surface area (Å²) in [6.45, 7) is 5.09. The number of nitrogens with two attached hydrogens (primary N) is 2. The second-order valence-electron chi connectivity index (χ2n) is 7.36. The number of amides is 3. The molecule has 0 aliphatic heterocycles. The molecule has 0 fully saturated rings. The summed E-state index contributed by atoms with van der Waals surface area (Å²) in [6.07, 6.45) is 0.344. The molecule has 9 N–H and O–H groups in total. The van der Waals surface area contributed by atoms with Crippen LogP contribution in [0.4, 0.5) is 0 Å². The molecule has 0 heterocycles. The number of nitrogens with one attached hydrogen (secondary N) is 3. The minimum Gasteiger partial charge on any atom is -0.481 e. The lowest BCUT2D eigenvalue weighted by atomic mass is 10.0. The molecule has 12 nitrogen and oxygen atoms in total. The molecule has 4 unspecified atom stereocenters. The maximum atomic E-state index is 12.6. The van der Waals surface area contributed by atoms with Gasteiger partial charge in [-0.15, -0.1) is 0 Å². The van der Waals surface area contributed by atoms with E-state index in [1.54, 1.807) is 13.8 Å². The standard InChI is InChI=1S/C18H33N5O7/c1-9(2)14(23-15(26)10(3)20)17(28)22-12(8-13(24)25)16(27)21-11(18(29)30)6-4-5-7-19/h9-12,14H,4-8,19-20H2,1-3H3,(H,21,27)(H,22,28)(H,23,26)(H,24,25)(H,29,30). The van der Waals surface area contributed by atoms with Crippen LogP contribution in [0, 0.1) is 5.92 Å². The molecular weight excluding hydrogens is 398 g/mol. The number of unbranched alkanes of at least 4 members (excludes halogenated alkanes) is 1. The second kappa shape index (κ2) is 13.5. The third-order valence-corrected chi connectivity index (χ3v) is 4.23. The van der Waals surface area contributed by atoms with Gasteiger partial charge in [0.2, 0.25) is 17.7 Å². The van der Waals surface area contributed by atoms with Gasteiger partial charge in [0.1, 0.15) is 18.1 Å². The molecule has 0 saturated carbocycles. The largest absolute Gasteiger partial charge is 0.481 e. The number of carbonyl (C=O) groups excluding carboxylic acids is 3. The van der Waals surface area contributed by atoms with E-state index < -0.39 is 60.2 Å². The average molecular weight is 431 g/mol. The molecule has 3 amide bonds. The third kappa shape index (κ3) is 10.2. The van der Waals surface area contributed by atoms with Gasteiger partial charge in [0, 0.05) is 0 Å². The van der Waals surface area contributed by atoms with Crippen molar-refractivity contribution in [2.75, 3.05) is 6.54 Å². The summed E-state index contributed by atoms with van der Waals surface area (Å²) in [5.74, 6) is -5.36. The van der Waals surface area contributed by atoms with Crippen LogP contribution in [0.25, 0.3) is 0 Å². The Balaban J connectivity index is 5.33. The van der Waals surface area contributed by atoms with Gasteiger partial charge in [-0.25, -0.2) is 4.79 Å². The summed E-state index contributed by atoms with van der Waals surface area (Å²) < 4.78 is 0. The average Bonchev–Trinajstić information content (AvgIpc) is 2.63. The SMILES string of the molecule is CC(N)C(=O)NC(C(=O)NC(CC(=O)O)C(=O)NC(CCCCN)C(=O)O)C(C)C. The highest BCUT2D eigenvalue weighted by Crippen LogP contribution is 2.06. The molecule has 0 spiro atoms. The fraction of sp³-hybridized carbons (Fsp3) is 0.722. The van der Waals surface area contributed by atoms with Crippen LogP contribution < -0.4 is 27.4 Å². The lowest BCUT2D eigenvalue weighted by Gasteiger charge is -2.26. The molecule has 0 rings (SSSR count). The van der Waals surface area contributed by atoms with E-state index in [4.69, 9.17) is 16.6 Å². The van der Waals surface area contributed by atoms with E-state index in [1.807, 2.05) is 0 Å². The minimum atomic E-state index is -1.53. The summed E-state index contributed by atoms with van der Waals surface area (Å²) in [5.41, 5.74) is 10.9.